The van der Waals surface area contributed by atoms with Crippen molar-refractivity contribution in [1.82, 2.24) is 0 Å². The van der Waals surface area contributed by atoms with Gasteiger partial charge in [0.2, 0.25) is 0 Å². The van der Waals surface area contributed by atoms with Crippen molar-refractivity contribution in [3.63, 3.8) is 0 Å². The zero-order valence-corrected chi connectivity index (χ0v) is 10.5. The predicted octanol–water partition coefficient (Wildman–Crippen LogP) is 4.32. The minimum atomic E-state index is 0.376. The number of fused-ring (bicyclic) bond motifs is 1. The molecule has 3 rings (SSSR count). The van der Waals surface area contributed by atoms with Crippen molar-refractivity contribution in [2.24, 2.45) is 4.99 Å². The molecule has 0 spiro atoms. The van der Waals surface area contributed by atoms with Gasteiger partial charge < -0.3 is 0 Å². The molecule has 1 aliphatic heterocycles. The van der Waals surface area contributed by atoms with Gasteiger partial charge in [-0.25, -0.2) is 0 Å². The molecule has 2 aromatic rings. The maximum atomic E-state index is 4.63. The smallest absolute Gasteiger partial charge is 0.0667 e. The van der Waals surface area contributed by atoms with Crippen molar-refractivity contribution < 1.29 is 0 Å². The Morgan fingerprint density at radius 2 is 1.72 bits per heavy atom. The highest BCUT2D eigenvalue weighted by atomic mass is 14.8. The molecule has 0 fully saturated rings. The first-order valence-corrected chi connectivity index (χ1v) is 6.36. The van der Waals surface area contributed by atoms with Crippen LogP contribution in [0.3, 0.4) is 0 Å². The lowest BCUT2D eigenvalue weighted by atomic mass is 9.90. The average Bonchev–Trinajstić information content (AvgIpc) is 2.73. The summed E-state index contributed by atoms with van der Waals surface area (Å²) in [7, 11) is 0. The molecule has 18 heavy (non-hydrogen) atoms. The summed E-state index contributed by atoms with van der Waals surface area (Å²) >= 11 is 0. The molecule has 0 amide bonds. The van der Waals surface area contributed by atoms with Crippen molar-refractivity contribution in [3.8, 4) is 0 Å². The second kappa shape index (κ2) is 4.77. The molecule has 0 aromatic heterocycles. The number of nitrogens with zero attached hydrogens (tertiary/aromatic N) is 1. The summed E-state index contributed by atoms with van der Waals surface area (Å²) in [6.07, 6.45) is 3.35. The third-order valence-corrected chi connectivity index (χ3v) is 3.45. The van der Waals surface area contributed by atoms with Crippen molar-refractivity contribution >= 4 is 11.4 Å². The Labute approximate surface area is 108 Å². The van der Waals surface area contributed by atoms with E-state index in [1.807, 2.05) is 0 Å². The Balaban J connectivity index is 1.76. The van der Waals surface area contributed by atoms with Gasteiger partial charge in [-0.15, -0.1) is 0 Å². The van der Waals surface area contributed by atoms with Crippen LogP contribution in [-0.2, 0) is 6.42 Å². The van der Waals surface area contributed by atoms with Crippen LogP contribution in [0, 0.1) is 6.42 Å². The zero-order chi connectivity index (χ0) is 12.4. The molecule has 0 N–H and O–H groups in total. The van der Waals surface area contributed by atoms with Crippen LogP contribution in [0.4, 0.5) is 5.69 Å². The molecule has 0 aliphatic carbocycles. The van der Waals surface area contributed by atoms with E-state index >= 15 is 0 Å². The van der Waals surface area contributed by atoms with E-state index < -0.39 is 0 Å². The van der Waals surface area contributed by atoms with E-state index in [1.165, 1.54) is 16.8 Å². The summed E-state index contributed by atoms with van der Waals surface area (Å²) in [5.41, 5.74) is 5.03. The number of aliphatic imine (C=N–C) groups is 1. The van der Waals surface area contributed by atoms with Crippen LogP contribution in [0.5, 0.6) is 0 Å². The van der Waals surface area contributed by atoms with E-state index in [9.17, 15) is 0 Å². The van der Waals surface area contributed by atoms with Crippen LogP contribution in [0.2, 0.25) is 0 Å². The third kappa shape index (κ3) is 2.08. The summed E-state index contributed by atoms with van der Waals surface area (Å²) < 4.78 is 0. The Morgan fingerprint density at radius 3 is 2.56 bits per heavy atom. The molecular weight excluding hydrogens is 218 g/mol. The fourth-order valence-electron chi connectivity index (χ4n) is 2.50. The molecule has 1 radical (unpaired) electrons. The molecule has 2 aromatic carbocycles. The topological polar surface area (TPSA) is 12.4 Å². The zero-order valence-electron chi connectivity index (χ0n) is 10.5. The highest BCUT2D eigenvalue weighted by Crippen LogP contribution is 2.37. The minimum absolute atomic E-state index is 0.376. The van der Waals surface area contributed by atoms with Gasteiger partial charge in [0.15, 0.2) is 0 Å². The van der Waals surface area contributed by atoms with Gasteiger partial charge in [-0.1, -0.05) is 48.5 Å². The molecular formula is C17H16N. The van der Waals surface area contributed by atoms with E-state index in [0.29, 0.717) is 5.92 Å². The average molecular weight is 234 g/mol. The standard InChI is InChI=1S/C17H16N/c1-13-15(12-11-14-7-3-2-4-8-14)16-9-5-6-10-17(16)18-13/h2-10,12,15H,11H2,1H3/t15-/m1/s1. The summed E-state index contributed by atoms with van der Waals surface area (Å²) in [4.78, 5) is 4.63. The largest absolute Gasteiger partial charge is 0.257 e. The van der Waals surface area contributed by atoms with Gasteiger partial charge in [-0.2, -0.15) is 0 Å². The maximum Gasteiger partial charge on any atom is 0.0667 e. The van der Waals surface area contributed by atoms with Gasteiger partial charge in [0, 0.05) is 11.6 Å². The van der Waals surface area contributed by atoms with E-state index in [-0.39, 0.29) is 0 Å². The summed E-state index contributed by atoms with van der Waals surface area (Å²) in [5.74, 6) is 0.376. The van der Waals surface area contributed by atoms with Gasteiger partial charge in [-0.3, -0.25) is 4.99 Å². The number of para-hydroxylation sites is 1. The number of rotatable bonds is 3. The van der Waals surface area contributed by atoms with E-state index in [2.05, 4.69) is 72.9 Å². The van der Waals surface area contributed by atoms with E-state index in [4.69, 9.17) is 0 Å². The first-order chi connectivity index (χ1) is 8.84. The van der Waals surface area contributed by atoms with Crippen molar-refractivity contribution in [1.29, 1.82) is 0 Å². The second-order valence-electron chi connectivity index (χ2n) is 4.72. The normalized spacial score (nSPS) is 17.4. The van der Waals surface area contributed by atoms with Gasteiger partial charge >= 0.3 is 0 Å². The summed E-state index contributed by atoms with van der Waals surface area (Å²) in [6, 6.07) is 19.0. The van der Waals surface area contributed by atoms with Crippen LogP contribution in [-0.4, -0.2) is 5.71 Å². The minimum Gasteiger partial charge on any atom is -0.257 e. The summed E-state index contributed by atoms with van der Waals surface area (Å²) in [6.45, 7) is 2.12. The van der Waals surface area contributed by atoms with Crippen LogP contribution < -0.4 is 0 Å². The van der Waals surface area contributed by atoms with Crippen molar-refractivity contribution in [2.45, 2.75) is 19.3 Å². The highest BCUT2D eigenvalue weighted by molar-refractivity contribution is 5.97. The first kappa shape index (κ1) is 11.2. The monoisotopic (exact) mass is 234 g/mol. The highest BCUT2D eigenvalue weighted by Gasteiger charge is 2.23. The molecule has 0 unspecified atom stereocenters. The van der Waals surface area contributed by atoms with E-state index in [1.54, 1.807) is 0 Å². The van der Waals surface area contributed by atoms with Crippen LogP contribution in [0.1, 0.15) is 24.0 Å². The maximum absolute atomic E-state index is 4.63. The SMILES string of the molecule is CC1=Nc2ccccc2[C@@H]1[CH]Cc1ccccc1. The predicted molar refractivity (Wildman–Crippen MR) is 76.4 cm³/mol. The third-order valence-electron chi connectivity index (χ3n) is 3.45. The van der Waals surface area contributed by atoms with Gasteiger partial charge in [0.05, 0.1) is 5.69 Å². The molecule has 1 heteroatoms. The molecule has 1 aliphatic rings. The van der Waals surface area contributed by atoms with Crippen LogP contribution >= 0.6 is 0 Å². The van der Waals surface area contributed by atoms with Gasteiger partial charge in [0.1, 0.15) is 0 Å². The quantitative estimate of drug-likeness (QED) is 0.749. The number of hydrogen-bond donors (Lipinski definition) is 0. The molecule has 0 bridgehead atoms. The molecule has 89 valence electrons. The van der Waals surface area contributed by atoms with Gasteiger partial charge in [0.25, 0.3) is 0 Å². The van der Waals surface area contributed by atoms with E-state index in [0.717, 1.165) is 12.1 Å². The number of hydrogen-bond acceptors (Lipinski definition) is 1. The molecule has 1 atom stereocenters. The molecule has 1 heterocycles. The van der Waals surface area contributed by atoms with Crippen LogP contribution in [0.15, 0.2) is 59.6 Å². The first-order valence-electron chi connectivity index (χ1n) is 6.36. The lowest BCUT2D eigenvalue weighted by Gasteiger charge is -2.11. The Morgan fingerprint density at radius 1 is 1.00 bits per heavy atom. The summed E-state index contributed by atoms with van der Waals surface area (Å²) in [5, 5.41) is 0. The fraction of sp³-hybridized carbons (Fsp3) is 0.176. The number of benzene rings is 2. The molecule has 1 nitrogen and oxygen atoms in total. The lowest BCUT2D eigenvalue weighted by Crippen LogP contribution is -2.06. The lowest BCUT2D eigenvalue weighted by molar-refractivity contribution is 0.974. The Kier molecular flexibility index (Phi) is 2.97. The Bertz CT molecular complexity index is 569. The second-order valence-corrected chi connectivity index (χ2v) is 4.72. The Hall–Kier alpha value is -1.89. The fourth-order valence-corrected chi connectivity index (χ4v) is 2.50. The van der Waals surface area contributed by atoms with Crippen molar-refractivity contribution in [2.75, 3.05) is 0 Å². The molecule has 0 saturated carbocycles. The van der Waals surface area contributed by atoms with Crippen molar-refractivity contribution in [3.05, 3.63) is 72.1 Å². The molecule has 0 saturated heterocycles. The van der Waals surface area contributed by atoms with Crippen LogP contribution in [0.25, 0.3) is 0 Å². The van der Waals surface area contributed by atoms with Gasteiger partial charge in [-0.05, 0) is 37.0 Å².